The number of ether oxygens (including phenoxy) is 1. The summed E-state index contributed by atoms with van der Waals surface area (Å²) in [6.45, 7) is 8.97. The van der Waals surface area contributed by atoms with Gasteiger partial charge in [0.25, 0.3) is 0 Å². The molecule has 0 saturated heterocycles. The van der Waals surface area contributed by atoms with Crippen LogP contribution in [0.1, 0.15) is 38.3 Å². The second kappa shape index (κ2) is 4.67. The van der Waals surface area contributed by atoms with Gasteiger partial charge in [0.1, 0.15) is 11.4 Å². The Bertz CT molecular complexity index is 331. The average molecular weight is 207 g/mol. The summed E-state index contributed by atoms with van der Waals surface area (Å²) in [5.74, 6) is 0.927. The van der Waals surface area contributed by atoms with Crippen LogP contribution in [-0.2, 0) is 6.54 Å². The molecule has 0 spiro atoms. The zero-order chi connectivity index (χ0) is 11.5. The maximum Gasteiger partial charge on any atom is 0.120 e. The van der Waals surface area contributed by atoms with Crippen LogP contribution >= 0.6 is 0 Å². The van der Waals surface area contributed by atoms with Gasteiger partial charge in [-0.3, -0.25) is 0 Å². The normalized spacial score (nSPS) is 11.5. The summed E-state index contributed by atoms with van der Waals surface area (Å²) in [6, 6.07) is 6.09. The van der Waals surface area contributed by atoms with Gasteiger partial charge in [-0.15, -0.1) is 0 Å². The van der Waals surface area contributed by atoms with Gasteiger partial charge < -0.3 is 10.5 Å². The first-order chi connectivity index (χ1) is 6.98. The van der Waals surface area contributed by atoms with Crippen molar-refractivity contribution in [3.63, 3.8) is 0 Å². The Kier molecular flexibility index (Phi) is 3.75. The molecule has 0 aliphatic carbocycles. The molecule has 0 aromatic heterocycles. The van der Waals surface area contributed by atoms with Crippen LogP contribution in [0.2, 0.25) is 0 Å². The minimum Gasteiger partial charge on any atom is -0.488 e. The molecular weight excluding hydrogens is 186 g/mol. The second-order valence-electron chi connectivity index (χ2n) is 4.51. The van der Waals surface area contributed by atoms with Crippen molar-refractivity contribution < 1.29 is 4.74 Å². The Hall–Kier alpha value is -1.02. The molecule has 0 atom stereocenters. The van der Waals surface area contributed by atoms with Gasteiger partial charge in [0.05, 0.1) is 0 Å². The van der Waals surface area contributed by atoms with E-state index in [9.17, 15) is 0 Å². The molecule has 0 radical (unpaired) electrons. The van der Waals surface area contributed by atoms with Crippen molar-refractivity contribution in [2.75, 3.05) is 0 Å². The molecule has 15 heavy (non-hydrogen) atoms. The Morgan fingerprint density at radius 2 is 2.00 bits per heavy atom. The van der Waals surface area contributed by atoms with Gasteiger partial charge in [0.2, 0.25) is 0 Å². The van der Waals surface area contributed by atoms with Gasteiger partial charge in [-0.2, -0.15) is 0 Å². The zero-order valence-corrected chi connectivity index (χ0v) is 10.1. The molecule has 0 aliphatic heterocycles. The van der Waals surface area contributed by atoms with E-state index in [0.29, 0.717) is 6.54 Å². The van der Waals surface area contributed by atoms with E-state index in [1.807, 2.05) is 12.1 Å². The van der Waals surface area contributed by atoms with Crippen molar-refractivity contribution in [3.05, 3.63) is 29.3 Å². The maximum atomic E-state index is 5.89. The molecule has 0 amide bonds. The van der Waals surface area contributed by atoms with E-state index in [1.54, 1.807) is 0 Å². The molecule has 2 heteroatoms. The summed E-state index contributed by atoms with van der Waals surface area (Å²) in [5.41, 5.74) is 7.89. The molecule has 2 N–H and O–H groups in total. The number of aryl methyl sites for hydroxylation is 1. The van der Waals surface area contributed by atoms with Gasteiger partial charge in [-0.1, -0.05) is 13.0 Å². The molecule has 1 aromatic carbocycles. The summed E-state index contributed by atoms with van der Waals surface area (Å²) in [7, 11) is 0. The summed E-state index contributed by atoms with van der Waals surface area (Å²) in [4.78, 5) is 0. The lowest BCUT2D eigenvalue weighted by atomic mass is 10.1. The van der Waals surface area contributed by atoms with Crippen molar-refractivity contribution in [1.29, 1.82) is 0 Å². The highest BCUT2D eigenvalue weighted by Gasteiger charge is 2.16. The fourth-order valence-corrected chi connectivity index (χ4v) is 1.35. The molecular formula is C13H21NO. The van der Waals surface area contributed by atoms with Crippen LogP contribution in [0.15, 0.2) is 18.2 Å². The number of hydrogen-bond acceptors (Lipinski definition) is 2. The molecule has 0 fully saturated rings. The van der Waals surface area contributed by atoms with Crippen LogP contribution in [0.25, 0.3) is 0 Å². The molecule has 1 aromatic rings. The van der Waals surface area contributed by atoms with Gasteiger partial charge in [0, 0.05) is 6.54 Å². The predicted octanol–water partition coefficient (Wildman–Crippen LogP) is 3.02. The van der Waals surface area contributed by atoms with Crippen molar-refractivity contribution in [2.45, 2.75) is 46.3 Å². The Morgan fingerprint density at radius 3 is 2.47 bits per heavy atom. The monoisotopic (exact) mass is 207 g/mol. The molecule has 0 saturated carbocycles. The fraction of sp³-hybridized carbons (Fsp3) is 0.538. The highest BCUT2D eigenvalue weighted by molar-refractivity contribution is 5.34. The van der Waals surface area contributed by atoms with Crippen molar-refractivity contribution >= 4 is 0 Å². The summed E-state index contributed by atoms with van der Waals surface area (Å²) < 4.78 is 5.89. The van der Waals surface area contributed by atoms with Crippen LogP contribution in [0.3, 0.4) is 0 Å². The molecule has 0 heterocycles. The minimum absolute atomic E-state index is 0.101. The lowest BCUT2D eigenvalue weighted by Crippen LogP contribution is -2.26. The number of benzene rings is 1. The Balaban J connectivity index is 2.84. The number of rotatable bonds is 4. The quantitative estimate of drug-likeness (QED) is 0.823. The van der Waals surface area contributed by atoms with Gasteiger partial charge >= 0.3 is 0 Å². The highest BCUT2D eigenvalue weighted by atomic mass is 16.5. The second-order valence-corrected chi connectivity index (χ2v) is 4.51. The van der Waals surface area contributed by atoms with Crippen molar-refractivity contribution in [3.8, 4) is 5.75 Å². The zero-order valence-electron chi connectivity index (χ0n) is 10.1. The molecule has 1 rings (SSSR count). The SMILES string of the molecule is CCC(C)(C)Oc1ccc(CN)c(C)c1. The smallest absolute Gasteiger partial charge is 0.120 e. The predicted molar refractivity (Wildman–Crippen MR) is 64.1 cm³/mol. The first-order valence-corrected chi connectivity index (χ1v) is 5.47. The minimum atomic E-state index is -0.101. The summed E-state index contributed by atoms with van der Waals surface area (Å²) in [5, 5.41) is 0. The fourth-order valence-electron chi connectivity index (χ4n) is 1.35. The Labute approximate surface area is 92.4 Å². The third-order valence-corrected chi connectivity index (χ3v) is 2.78. The lowest BCUT2D eigenvalue weighted by Gasteiger charge is -2.25. The molecule has 0 unspecified atom stereocenters. The molecule has 2 nitrogen and oxygen atoms in total. The van der Waals surface area contributed by atoms with Crippen LogP contribution in [0.5, 0.6) is 5.75 Å². The van der Waals surface area contributed by atoms with Crippen LogP contribution in [0, 0.1) is 6.92 Å². The molecule has 0 bridgehead atoms. The number of hydrogen-bond donors (Lipinski definition) is 1. The average Bonchev–Trinajstić information content (AvgIpc) is 2.17. The van der Waals surface area contributed by atoms with E-state index in [-0.39, 0.29) is 5.60 Å². The standard InChI is InChI=1S/C13H21NO/c1-5-13(3,4)15-12-7-6-11(9-14)10(2)8-12/h6-8H,5,9,14H2,1-4H3. The van der Waals surface area contributed by atoms with Gasteiger partial charge in [-0.25, -0.2) is 0 Å². The van der Waals surface area contributed by atoms with Crippen LogP contribution in [0.4, 0.5) is 0 Å². The first-order valence-electron chi connectivity index (χ1n) is 5.47. The molecule has 84 valence electrons. The van der Waals surface area contributed by atoms with Crippen LogP contribution < -0.4 is 10.5 Å². The van der Waals surface area contributed by atoms with E-state index in [4.69, 9.17) is 10.5 Å². The van der Waals surface area contributed by atoms with Crippen LogP contribution in [-0.4, -0.2) is 5.60 Å². The molecule has 0 aliphatic rings. The van der Waals surface area contributed by atoms with Crippen molar-refractivity contribution in [2.24, 2.45) is 5.73 Å². The first kappa shape index (κ1) is 12.1. The lowest BCUT2D eigenvalue weighted by molar-refractivity contribution is 0.105. The largest absolute Gasteiger partial charge is 0.488 e. The third kappa shape index (κ3) is 3.24. The van der Waals surface area contributed by atoms with E-state index < -0.39 is 0 Å². The van der Waals surface area contributed by atoms with E-state index in [2.05, 4.69) is 33.8 Å². The summed E-state index contributed by atoms with van der Waals surface area (Å²) >= 11 is 0. The third-order valence-electron chi connectivity index (χ3n) is 2.78. The van der Waals surface area contributed by atoms with Gasteiger partial charge in [0.15, 0.2) is 0 Å². The topological polar surface area (TPSA) is 35.2 Å². The van der Waals surface area contributed by atoms with E-state index in [1.165, 1.54) is 11.1 Å². The maximum absolute atomic E-state index is 5.89. The summed E-state index contributed by atoms with van der Waals surface area (Å²) in [6.07, 6.45) is 0.991. The van der Waals surface area contributed by atoms with E-state index in [0.717, 1.165) is 12.2 Å². The van der Waals surface area contributed by atoms with Gasteiger partial charge in [-0.05, 0) is 50.5 Å². The Morgan fingerprint density at radius 1 is 1.33 bits per heavy atom. The van der Waals surface area contributed by atoms with Crippen molar-refractivity contribution in [1.82, 2.24) is 0 Å². The van der Waals surface area contributed by atoms with E-state index >= 15 is 0 Å². The number of nitrogens with two attached hydrogens (primary N) is 1. The highest BCUT2D eigenvalue weighted by Crippen LogP contribution is 2.23.